The SMILES string of the molecule is CCCCCCCOCCCNCCC(N1CCCC1)N1CCCC1. The molecule has 2 heterocycles. The van der Waals surface area contributed by atoms with E-state index in [-0.39, 0.29) is 0 Å². The van der Waals surface area contributed by atoms with Crippen molar-refractivity contribution in [3.63, 3.8) is 0 Å². The van der Waals surface area contributed by atoms with E-state index in [1.807, 2.05) is 0 Å². The molecule has 0 unspecified atom stereocenters. The largest absolute Gasteiger partial charge is 0.381 e. The lowest BCUT2D eigenvalue weighted by Crippen LogP contribution is -2.47. The maximum atomic E-state index is 5.75. The minimum Gasteiger partial charge on any atom is -0.381 e. The van der Waals surface area contributed by atoms with Gasteiger partial charge in [0.25, 0.3) is 0 Å². The van der Waals surface area contributed by atoms with Gasteiger partial charge in [0, 0.05) is 13.2 Å². The molecule has 1 N–H and O–H groups in total. The lowest BCUT2D eigenvalue weighted by molar-refractivity contribution is 0.0718. The van der Waals surface area contributed by atoms with Crippen LogP contribution in [0.25, 0.3) is 0 Å². The molecule has 0 bridgehead atoms. The topological polar surface area (TPSA) is 27.7 Å². The minimum absolute atomic E-state index is 0.692. The van der Waals surface area contributed by atoms with Crippen LogP contribution in [-0.2, 0) is 4.74 Å². The van der Waals surface area contributed by atoms with Crippen LogP contribution in [0.2, 0.25) is 0 Å². The van der Waals surface area contributed by atoms with Crippen LogP contribution < -0.4 is 5.32 Å². The normalized spacial score (nSPS) is 19.4. The minimum atomic E-state index is 0.692. The van der Waals surface area contributed by atoms with Crippen LogP contribution in [0.4, 0.5) is 0 Å². The standard InChI is InChI=1S/C21H43N3O/c1-2-3-4-5-10-19-25-20-11-13-22-14-12-21(23-15-6-7-16-23)24-17-8-9-18-24/h21-22H,2-20H2,1H3. The van der Waals surface area contributed by atoms with Gasteiger partial charge < -0.3 is 10.1 Å². The third-order valence-corrected chi connectivity index (χ3v) is 5.74. The maximum Gasteiger partial charge on any atom is 0.0634 e. The smallest absolute Gasteiger partial charge is 0.0634 e. The number of nitrogens with one attached hydrogen (secondary N) is 1. The number of hydrogen-bond donors (Lipinski definition) is 1. The lowest BCUT2D eigenvalue weighted by Gasteiger charge is -2.35. The molecule has 4 nitrogen and oxygen atoms in total. The number of likely N-dealkylation sites (tertiary alicyclic amines) is 2. The van der Waals surface area contributed by atoms with E-state index in [0.717, 1.165) is 32.7 Å². The highest BCUT2D eigenvalue weighted by Gasteiger charge is 2.28. The van der Waals surface area contributed by atoms with Crippen molar-refractivity contribution in [2.24, 2.45) is 0 Å². The second kappa shape index (κ2) is 14.0. The molecule has 2 saturated heterocycles. The summed E-state index contributed by atoms with van der Waals surface area (Å²) >= 11 is 0. The molecule has 0 amide bonds. The molecule has 2 aliphatic rings. The summed E-state index contributed by atoms with van der Waals surface area (Å²) in [5.74, 6) is 0. The van der Waals surface area contributed by atoms with E-state index in [1.54, 1.807) is 0 Å². The summed E-state index contributed by atoms with van der Waals surface area (Å²) in [6.45, 7) is 11.6. The van der Waals surface area contributed by atoms with Crippen molar-refractivity contribution in [2.75, 3.05) is 52.5 Å². The lowest BCUT2D eigenvalue weighted by atomic mass is 10.2. The first-order chi connectivity index (χ1) is 12.4. The maximum absolute atomic E-state index is 5.75. The van der Waals surface area contributed by atoms with E-state index in [9.17, 15) is 0 Å². The van der Waals surface area contributed by atoms with E-state index >= 15 is 0 Å². The van der Waals surface area contributed by atoms with Crippen molar-refractivity contribution in [3.05, 3.63) is 0 Å². The summed E-state index contributed by atoms with van der Waals surface area (Å²) in [5.41, 5.74) is 0. The number of unbranched alkanes of at least 4 members (excludes halogenated alkanes) is 4. The molecule has 0 aliphatic carbocycles. The van der Waals surface area contributed by atoms with Gasteiger partial charge in [-0.15, -0.1) is 0 Å². The van der Waals surface area contributed by atoms with Gasteiger partial charge in [-0.2, -0.15) is 0 Å². The molecular formula is C21H43N3O. The summed E-state index contributed by atoms with van der Waals surface area (Å²) in [7, 11) is 0. The van der Waals surface area contributed by atoms with Gasteiger partial charge in [-0.1, -0.05) is 32.6 Å². The fraction of sp³-hybridized carbons (Fsp3) is 1.00. The molecule has 0 aromatic rings. The Bertz CT molecular complexity index is 286. The van der Waals surface area contributed by atoms with E-state index in [2.05, 4.69) is 22.0 Å². The molecule has 0 radical (unpaired) electrons. The fourth-order valence-corrected chi connectivity index (χ4v) is 4.24. The molecule has 148 valence electrons. The van der Waals surface area contributed by atoms with Crippen LogP contribution in [0.3, 0.4) is 0 Å². The molecule has 2 rings (SSSR count). The highest BCUT2D eigenvalue weighted by molar-refractivity contribution is 4.81. The Morgan fingerprint density at radius 1 is 0.760 bits per heavy atom. The van der Waals surface area contributed by atoms with Gasteiger partial charge in [-0.25, -0.2) is 0 Å². The van der Waals surface area contributed by atoms with Crippen LogP contribution in [0.5, 0.6) is 0 Å². The van der Waals surface area contributed by atoms with Crippen molar-refractivity contribution in [2.45, 2.75) is 83.7 Å². The predicted molar refractivity (Wildman–Crippen MR) is 107 cm³/mol. The molecule has 4 heteroatoms. The van der Waals surface area contributed by atoms with Gasteiger partial charge >= 0.3 is 0 Å². The molecule has 0 saturated carbocycles. The van der Waals surface area contributed by atoms with Gasteiger partial charge in [0.2, 0.25) is 0 Å². The molecule has 0 aromatic heterocycles. The Morgan fingerprint density at radius 2 is 1.36 bits per heavy atom. The Hall–Kier alpha value is -0.160. The van der Waals surface area contributed by atoms with Crippen LogP contribution >= 0.6 is 0 Å². The monoisotopic (exact) mass is 353 g/mol. The first kappa shape index (κ1) is 21.1. The zero-order valence-corrected chi connectivity index (χ0v) is 16.8. The molecule has 2 fully saturated rings. The predicted octanol–water partition coefficient (Wildman–Crippen LogP) is 3.86. The van der Waals surface area contributed by atoms with Gasteiger partial charge in [0.15, 0.2) is 0 Å². The molecule has 2 aliphatic heterocycles. The number of rotatable bonds is 15. The van der Waals surface area contributed by atoms with Crippen LogP contribution in [-0.4, -0.2) is 68.4 Å². The number of hydrogen-bond acceptors (Lipinski definition) is 4. The molecule has 25 heavy (non-hydrogen) atoms. The summed E-state index contributed by atoms with van der Waals surface area (Å²) in [4.78, 5) is 5.46. The fourth-order valence-electron chi connectivity index (χ4n) is 4.24. The quantitative estimate of drug-likeness (QED) is 0.452. The summed E-state index contributed by atoms with van der Waals surface area (Å²) in [6, 6.07) is 0. The van der Waals surface area contributed by atoms with Crippen LogP contribution in [0.1, 0.15) is 77.6 Å². The zero-order valence-electron chi connectivity index (χ0n) is 16.8. The average molecular weight is 354 g/mol. The molecule has 0 spiro atoms. The van der Waals surface area contributed by atoms with Crippen molar-refractivity contribution in [3.8, 4) is 0 Å². The first-order valence-corrected chi connectivity index (χ1v) is 11.2. The van der Waals surface area contributed by atoms with Crippen LogP contribution in [0.15, 0.2) is 0 Å². The summed E-state index contributed by atoms with van der Waals surface area (Å²) < 4.78 is 5.75. The van der Waals surface area contributed by atoms with E-state index in [0.29, 0.717) is 6.17 Å². The molecular weight excluding hydrogens is 310 g/mol. The van der Waals surface area contributed by atoms with E-state index in [1.165, 1.54) is 90.4 Å². The van der Waals surface area contributed by atoms with Gasteiger partial charge in [0.05, 0.1) is 6.17 Å². The third kappa shape index (κ3) is 8.85. The van der Waals surface area contributed by atoms with E-state index < -0.39 is 0 Å². The Balaban J connectivity index is 1.44. The second-order valence-electron chi connectivity index (χ2n) is 7.89. The molecule has 0 aromatic carbocycles. The zero-order chi connectivity index (χ0) is 17.6. The summed E-state index contributed by atoms with van der Waals surface area (Å²) in [5, 5.41) is 3.65. The van der Waals surface area contributed by atoms with Crippen molar-refractivity contribution >= 4 is 0 Å². The van der Waals surface area contributed by atoms with Crippen molar-refractivity contribution in [1.29, 1.82) is 0 Å². The van der Waals surface area contributed by atoms with Gasteiger partial charge in [-0.3, -0.25) is 9.80 Å². The Kier molecular flexibility index (Phi) is 11.8. The van der Waals surface area contributed by atoms with Crippen molar-refractivity contribution < 1.29 is 4.74 Å². The van der Waals surface area contributed by atoms with E-state index in [4.69, 9.17) is 4.74 Å². The third-order valence-electron chi connectivity index (χ3n) is 5.74. The highest BCUT2D eigenvalue weighted by atomic mass is 16.5. The summed E-state index contributed by atoms with van der Waals surface area (Å²) in [6.07, 6.45) is 15.3. The molecule has 0 atom stereocenters. The Morgan fingerprint density at radius 3 is 2.00 bits per heavy atom. The number of ether oxygens (including phenoxy) is 1. The highest BCUT2D eigenvalue weighted by Crippen LogP contribution is 2.21. The number of nitrogens with zero attached hydrogens (tertiary/aromatic N) is 2. The van der Waals surface area contributed by atoms with Crippen LogP contribution in [0, 0.1) is 0 Å². The van der Waals surface area contributed by atoms with Gasteiger partial charge in [0.1, 0.15) is 0 Å². The average Bonchev–Trinajstić information content (AvgIpc) is 3.33. The Labute approximate surface area is 156 Å². The second-order valence-corrected chi connectivity index (χ2v) is 7.89. The van der Waals surface area contributed by atoms with Crippen molar-refractivity contribution in [1.82, 2.24) is 15.1 Å². The van der Waals surface area contributed by atoms with Gasteiger partial charge in [-0.05, 0) is 84.2 Å². The first-order valence-electron chi connectivity index (χ1n) is 11.2.